The smallest absolute Gasteiger partial charge is 0.245 e. The number of carbonyl (C=O) groups excluding carboxylic acids is 11. The Balaban J connectivity index is 1.04. The number of nitrogens with zero attached hydrogens (tertiary/aromatic N) is 1. The minimum Gasteiger partial charge on any atom is -0.508 e. The standard InChI is InChI=1S/C80H102N12O13/c1-50(2)42-68(80(105)92-41-21-33-70(92)79(104)83-51(3)71(81)96)90-76(101)65(45-54-24-11-6-12-25-54)86-72(97)62(32-19-20-40-82-60-30-15-8-16-31-60)85-74(99)67(47-56-35-38-61(95)39-36-56)89-78(103)69(49-93)91-77(102)66(46-55-26-13-7-14-27-55)88-75(100)64(44-53-22-9-5-10-23-53)87-73(98)63(84-52(4)94)48-57-34-37-58-28-17-18-29-59(58)43-57/h5-7,9-14,17-18,22-29,34-39,43,50-51,60,62-70,82,93,95H,8,15-16,19-21,30-33,40-42,44-49H2,1-4H3,(H2,81,96)(H,83,104)(H,84,94)(H,85,99)(H,86,97)(H,87,98)(H,88,100)(H,89,103)(H,90,101)(H,91,102)/t51-,62-,63-,64-,65-,66-,67-,68-,69-,70+/m0/s1. The molecule has 1 heterocycles. The Kier molecular flexibility index (Phi) is 30.9. The van der Waals surface area contributed by atoms with Gasteiger partial charge < -0.3 is 74.0 Å². The summed E-state index contributed by atoms with van der Waals surface area (Å²) in [5, 5.41) is 51.7. The number of likely N-dealkylation sites (tertiary alicyclic amines) is 1. The van der Waals surface area contributed by atoms with Crippen molar-refractivity contribution in [3.05, 3.63) is 186 Å². The number of amides is 11. The van der Waals surface area contributed by atoms with E-state index >= 15 is 9.59 Å². The number of benzene rings is 6. The molecule has 6 aromatic carbocycles. The van der Waals surface area contributed by atoms with E-state index in [0.717, 1.165) is 42.0 Å². The molecule has 0 bridgehead atoms. The summed E-state index contributed by atoms with van der Waals surface area (Å²) in [6, 6.07) is 32.9. The summed E-state index contributed by atoms with van der Waals surface area (Å²) in [4.78, 5) is 158. The molecule has 560 valence electrons. The van der Waals surface area contributed by atoms with E-state index in [4.69, 9.17) is 5.73 Å². The lowest BCUT2D eigenvalue weighted by Crippen LogP contribution is -2.61. The molecule has 1 saturated heterocycles. The molecule has 1 aliphatic carbocycles. The minimum atomic E-state index is -1.77. The second kappa shape index (κ2) is 40.5. The molecule has 8 rings (SSSR count). The third-order valence-electron chi connectivity index (χ3n) is 19.1. The van der Waals surface area contributed by atoms with E-state index in [0.29, 0.717) is 60.5 Å². The van der Waals surface area contributed by atoms with Crippen LogP contribution in [0.3, 0.4) is 0 Å². The molecule has 25 nitrogen and oxygen atoms in total. The van der Waals surface area contributed by atoms with Crippen LogP contribution in [-0.4, -0.2) is 166 Å². The fraction of sp³-hybridized carbons (Fsp3) is 0.438. The fourth-order valence-corrected chi connectivity index (χ4v) is 13.3. The Bertz CT molecular complexity index is 3900. The fourth-order valence-electron chi connectivity index (χ4n) is 13.3. The molecule has 0 aromatic heterocycles. The van der Waals surface area contributed by atoms with Gasteiger partial charge in [0, 0.05) is 51.6 Å². The number of aliphatic hydroxyl groups is 1. The van der Waals surface area contributed by atoms with E-state index < -0.39 is 132 Å². The van der Waals surface area contributed by atoms with Gasteiger partial charge in [0.05, 0.1) is 6.61 Å². The largest absolute Gasteiger partial charge is 0.508 e. The highest BCUT2D eigenvalue weighted by molar-refractivity contribution is 5.99. The molecule has 2 aliphatic rings. The van der Waals surface area contributed by atoms with Crippen molar-refractivity contribution in [1.29, 1.82) is 0 Å². The molecule has 25 heteroatoms. The molecule has 0 spiro atoms. The van der Waals surface area contributed by atoms with Gasteiger partial charge in [-0.3, -0.25) is 52.7 Å². The quantitative estimate of drug-likeness (QED) is 0.0243. The summed E-state index contributed by atoms with van der Waals surface area (Å²) >= 11 is 0. The van der Waals surface area contributed by atoms with Crippen molar-refractivity contribution < 1.29 is 63.0 Å². The lowest BCUT2D eigenvalue weighted by atomic mass is 9.95. The topological polar surface area (TPSA) is 378 Å². The summed E-state index contributed by atoms with van der Waals surface area (Å²) in [6.45, 7) is 6.27. The molecule has 2 fully saturated rings. The first-order valence-corrected chi connectivity index (χ1v) is 36.5. The van der Waals surface area contributed by atoms with E-state index in [2.05, 4.69) is 53.2 Å². The van der Waals surface area contributed by atoms with Gasteiger partial charge >= 0.3 is 0 Å². The maximum atomic E-state index is 15.2. The van der Waals surface area contributed by atoms with E-state index in [-0.39, 0.29) is 63.2 Å². The Morgan fingerprint density at radius 3 is 1.35 bits per heavy atom. The maximum Gasteiger partial charge on any atom is 0.245 e. The summed E-state index contributed by atoms with van der Waals surface area (Å²) < 4.78 is 0. The van der Waals surface area contributed by atoms with Gasteiger partial charge in [0.15, 0.2) is 0 Å². The van der Waals surface area contributed by atoms with Crippen LogP contribution in [0.5, 0.6) is 5.75 Å². The van der Waals surface area contributed by atoms with Gasteiger partial charge in [-0.15, -0.1) is 0 Å². The van der Waals surface area contributed by atoms with Crippen LogP contribution >= 0.6 is 0 Å². The van der Waals surface area contributed by atoms with Crippen molar-refractivity contribution in [3.8, 4) is 5.75 Å². The van der Waals surface area contributed by atoms with Gasteiger partial charge in [0.25, 0.3) is 0 Å². The number of hydrogen-bond donors (Lipinski definition) is 13. The molecule has 14 N–H and O–H groups in total. The van der Waals surface area contributed by atoms with Crippen LogP contribution in [0, 0.1) is 5.92 Å². The van der Waals surface area contributed by atoms with Gasteiger partial charge in [0.1, 0.15) is 66.2 Å². The number of nitrogens with one attached hydrogen (secondary N) is 10. The molecule has 0 unspecified atom stereocenters. The molecule has 10 atom stereocenters. The van der Waals surface area contributed by atoms with Crippen LogP contribution in [-0.2, 0) is 84.8 Å². The number of fused-ring (bicyclic) bond motifs is 1. The number of aromatic hydroxyl groups is 1. The summed E-state index contributed by atoms with van der Waals surface area (Å²) in [6.07, 6.45) is 7.00. The van der Waals surface area contributed by atoms with Crippen LogP contribution < -0.4 is 58.9 Å². The highest BCUT2D eigenvalue weighted by atomic mass is 16.3. The Labute approximate surface area is 613 Å². The highest BCUT2D eigenvalue weighted by Gasteiger charge is 2.41. The average molecular weight is 1440 g/mol. The van der Waals surface area contributed by atoms with Gasteiger partial charge in [-0.1, -0.05) is 179 Å². The molecule has 6 aromatic rings. The number of carbonyl (C=O) groups is 11. The SMILES string of the molecule is CC(=O)N[C@@H](Cc1ccc2ccccc2c1)C(=O)N[C@@H](Cc1ccccc1)C(=O)N[C@@H](Cc1ccccc1)C(=O)N[C@@H](CO)C(=O)N[C@@H](Cc1ccc(O)cc1)C(=O)N[C@@H](CCCCNC1CCCCC1)C(=O)N[C@@H](Cc1ccccc1)C(=O)N[C@@H](CC(C)C)C(=O)N1CCC[C@@H]1C(=O)N[C@@H](C)C(N)=O. The van der Waals surface area contributed by atoms with Crippen LogP contribution in [0.2, 0.25) is 0 Å². The van der Waals surface area contributed by atoms with Crippen molar-refractivity contribution >= 4 is 75.8 Å². The first-order valence-electron chi connectivity index (χ1n) is 36.5. The van der Waals surface area contributed by atoms with Crippen molar-refractivity contribution in [3.63, 3.8) is 0 Å². The summed E-state index contributed by atoms with van der Waals surface area (Å²) in [7, 11) is 0. The van der Waals surface area contributed by atoms with Crippen molar-refractivity contribution in [2.24, 2.45) is 11.7 Å². The van der Waals surface area contributed by atoms with Crippen molar-refractivity contribution in [1.82, 2.24) is 58.1 Å². The lowest BCUT2D eigenvalue weighted by Gasteiger charge is -2.31. The molecular formula is C80H102N12O13. The Morgan fingerprint density at radius 2 is 0.867 bits per heavy atom. The highest BCUT2D eigenvalue weighted by Crippen LogP contribution is 2.23. The number of rotatable bonds is 38. The predicted octanol–water partition coefficient (Wildman–Crippen LogP) is 4.07. The van der Waals surface area contributed by atoms with E-state index in [1.54, 1.807) is 91.0 Å². The average Bonchev–Trinajstić information content (AvgIpc) is 1.76. The van der Waals surface area contributed by atoms with Crippen LogP contribution in [0.4, 0.5) is 0 Å². The maximum absolute atomic E-state index is 15.2. The predicted molar refractivity (Wildman–Crippen MR) is 398 cm³/mol. The number of hydrogen-bond acceptors (Lipinski definition) is 14. The molecule has 105 heavy (non-hydrogen) atoms. The molecule has 11 amide bonds. The van der Waals surface area contributed by atoms with Gasteiger partial charge in [-0.25, -0.2) is 0 Å². The summed E-state index contributed by atoms with van der Waals surface area (Å²) in [5.41, 5.74) is 8.51. The molecular weight excluding hydrogens is 1340 g/mol. The Morgan fingerprint density at radius 1 is 0.448 bits per heavy atom. The number of primary amides is 1. The number of phenols is 1. The van der Waals surface area contributed by atoms with Gasteiger partial charge in [-0.05, 0) is 121 Å². The lowest BCUT2D eigenvalue weighted by molar-refractivity contribution is -0.142. The molecule has 0 radical (unpaired) electrons. The van der Waals surface area contributed by atoms with Crippen LogP contribution in [0.15, 0.2) is 158 Å². The third-order valence-corrected chi connectivity index (χ3v) is 19.1. The van der Waals surface area contributed by atoms with Crippen LogP contribution in [0.1, 0.15) is 126 Å². The zero-order chi connectivity index (χ0) is 75.4. The monoisotopic (exact) mass is 1440 g/mol. The number of aliphatic hydroxyl groups excluding tert-OH is 1. The zero-order valence-electron chi connectivity index (χ0n) is 60.3. The van der Waals surface area contributed by atoms with Crippen molar-refractivity contribution in [2.75, 3.05) is 19.7 Å². The van der Waals surface area contributed by atoms with Crippen molar-refractivity contribution in [2.45, 2.75) is 197 Å². The number of phenolic OH excluding ortho intramolecular Hbond substituents is 1. The van der Waals surface area contributed by atoms with Gasteiger partial charge in [-0.2, -0.15) is 0 Å². The molecule has 1 saturated carbocycles. The number of unbranched alkanes of at least 4 members (excludes halogenated alkanes) is 1. The normalized spacial score (nSPS) is 16.3. The van der Waals surface area contributed by atoms with Gasteiger partial charge in [0.2, 0.25) is 65.0 Å². The second-order valence-electron chi connectivity index (χ2n) is 27.9. The van der Waals surface area contributed by atoms with E-state index in [1.807, 2.05) is 56.3 Å². The first kappa shape index (κ1) is 80.2. The third kappa shape index (κ3) is 25.4. The second-order valence-corrected chi connectivity index (χ2v) is 27.9. The van der Waals surface area contributed by atoms with Crippen LogP contribution in [0.25, 0.3) is 10.8 Å². The van der Waals surface area contributed by atoms with E-state index in [1.165, 1.54) is 49.4 Å². The zero-order valence-corrected chi connectivity index (χ0v) is 60.3. The molecule has 1 aliphatic heterocycles. The number of nitrogens with two attached hydrogens (primary N) is 1. The first-order chi connectivity index (χ1) is 50.5. The minimum absolute atomic E-state index is 0.0473. The Hall–Kier alpha value is -10.5. The summed E-state index contributed by atoms with van der Waals surface area (Å²) in [5.74, 6) is -8.39. The van der Waals surface area contributed by atoms with E-state index in [9.17, 15) is 53.4 Å².